The number of pyridine rings is 2. The SMILES string of the molecule is COc1ccc(-c2cccnc2)cc1C(C)(C)CC(O)(Cc1cc2cc(N3CCCCC3)ncc2[nH]1)C(F)(F)F. The van der Waals surface area contributed by atoms with Crippen molar-refractivity contribution in [2.45, 2.75) is 63.1 Å². The van der Waals surface area contributed by atoms with Gasteiger partial charge in [0, 0.05) is 54.1 Å². The maximum absolute atomic E-state index is 14.6. The molecule has 9 heteroatoms. The minimum absolute atomic E-state index is 0.305. The second-order valence-electron chi connectivity index (χ2n) is 11.4. The Kier molecular flexibility index (Phi) is 7.52. The number of aromatic amines is 1. The lowest BCUT2D eigenvalue weighted by Crippen LogP contribution is -2.51. The Bertz CT molecular complexity index is 1460. The number of piperidine rings is 1. The maximum Gasteiger partial charge on any atom is 0.417 e. The summed E-state index contributed by atoms with van der Waals surface area (Å²) in [5, 5.41) is 12.1. The van der Waals surface area contributed by atoms with E-state index in [1.807, 2.05) is 24.3 Å². The van der Waals surface area contributed by atoms with E-state index in [-0.39, 0.29) is 0 Å². The van der Waals surface area contributed by atoms with Crippen molar-refractivity contribution < 1.29 is 23.0 Å². The lowest BCUT2D eigenvalue weighted by molar-refractivity contribution is -0.266. The fourth-order valence-electron chi connectivity index (χ4n) is 5.83. The molecule has 212 valence electrons. The Hall–Kier alpha value is -3.59. The van der Waals surface area contributed by atoms with Crippen molar-refractivity contribution in [3.05, 3.63) is 72.3 Å². The van der Waals surface area contributed by atoms with Gasteiger partial charge in [-0.15, -0.1) is 0 Å². The van der Waals surface area contributed by atoms with E-state index in [0.29, 0.717) is 22.5 Å². The highest BCUT2D eigenvalue weighted by molar-refractivity contribution is 5.82. The number of hydrogen-bond donors (Lipinski definition) is 2. The Morgan fingerprint density at radius 3 is 2.45 bits per heavy atom. The standard InChI is InChI=1S/C31H35F3N4O2/c1-29(2,25-15-21(9-10-27(25)40-3)22-8-7-11-35-18-22)20-30(39,31(32,33)34)17-24-14-23-16-28(36-19-26(23)37-24)38-12-5-4-6-13-38/h7-11,14-16,18-19,37,39H,4-6,12-13,17,20H2,1-3H3. The van der Waals surface area contributed by atoms with Crippen LogP contribution in [0.3, 0.4) is 0 Å². The van der Waals surface area contributed by atoms with Crippen LogP contribution in [0.15, 0.2) is 61.1 Å². The molecule has 1 atom stereocenters. The molecule has 1 aliphatic rings. The number of alkyl halides is 3. The summed E-state index contributed by atoms with van der Waals surface area (Å²) in [6.45, 7) is 5.25. The number of aliphatic hydroxyl groups is 1. The molecule has 1 unspecified atom stereocenters. The van der Waals surface area contributed by atoms with E-state index in [2.05, 4.69) is 19.9 Å². The van der Waals surface area contributed by atoms with Gasteiger partial charge in [-0.3, -0.25) is 4.98 Å². The minimum atomic E-state index is -4.87. The molecule has 5 rings (SSSR count). The van der Waals surface area contributed by atoms with Crippen molar-refractivity contribution in [2.24, 2.45) is 0 Å². The summed E-state index contributed by atoms with van der Waals surface area (Å²) in [5.74, 6) is 1.29. The molecule has 0 bridgehead atoms. The van der Waals surface area contributed by atoms with Gasteiger partial charge in [0.05, 0.1) is 18.8 Å². The number of rotatable bonds is 8. The van der Waals surface area contributed by atoms with Crippen LogP contribution in [0.25, 0.3) is 22.0 Å². The molecule has 40 heavy (non-hydrogen) atoms. The van der Waals surface area contributed by atoms with Gasteiger partial charge in [0.2, 0.25) is 0 Å². The normalized spacial score (nSPS) is 16.2. The van der Waals surface area contributed by atoms with Crippen LogP contribution in [0.5, 0.6) is 5.75 Å². The molecule has 4 aromatic rings. The molecule has 0 spiro atoms. The first-order valence-electron chi connectivity index (χ1n) is 13.6. The molecular formula is C31H35F3N4O2. The second kappa shape index (κ2) is 10.8. The molecule has 0 saturated carbocycles. The molecule has 6 nitrogen and oxygen atoms in total. The average Bonchev–Trinajstić information content (AvgIpc) is 3.34. The summed E-state index contributed by atoms with van der Waals surface area (Å²) in [6, 6.07) is 12.7. The highest BCUT2D eigenvalue weighted by atomic mass is 19.4. The Labute approximate surface area is 232 Å². The lowest BCUT2D eigenvalue weighted by atomic mass is 9.72. The van der Waals surface area contributed by atoms with Crippen LogP contribution in [-0.4, -0.2) is 52.0 Å². The van der Waals surface area contributed by atoms with Crippen LogP contribution in [0.4, 0.5) is 19.0 Å². The highest BCUT2D eigenvalue weighted by Gasteiger charge is 2.56. The van der Waals surface area contributed by atoms with Gasteiger partial charge in [-0.1, -0.05) is 26.0 Å². The molecule has 0 aliphatic carbocycles. The first kappa shape index (κ1) is 28.0. The molecule has 3 aromatic heterocycles. The summed E-state index contributed by atoms with van der Waals surface area (Å²) in [5.41, 5.74) is -0.918. The summed E-state index contributed by atoms with van der Waals surface area (Å²) < 4.78 is 49.4. The summed E-state index contributed by atoms with van der Waals surface area (Å²) >= 11 is 0. The van der Waals surface area contributed by atoms with E-state index in [9.17, 15) is 18.3 Å². The van der Waals surface area contributed by atoms with Gasteiger partial charge < -0.3 is 19.7 Å². The summed E-state index contributed by atoms with van der Waals surface area (Å²) in [6.07, 6.45) is 2.37. The van der Waals surface area contributed by atoms with Crippen molar-refractivity contribution >= 4 is 16.7 Å². The first-order chi connectivity index (χ1) is 19.0. The third-order valence-electron chi connectivity index (χ3n) is 7.89. The number of H-pyrrole nitrogens is 1. The fraction of sp³-hybridized carbons (Fsp3) is 0.419. The highest BCUT2D eigenvalue weighted by Crippen LogP contribution is 2.46. The van der Waals surface area contributed by atoms with Crippen LogP contribution in [0.2, 0.25) is 0 Å². The third-order valence-corrected chi connectivity index (χ3v) is 7.89. The van der Waals surface area contributed by atoms with Crippen molar-refractivity contribution in [1.29, 1.82) is 0 Å². The Balaban J connectivity index is 1.45. The van der Waals surface area contributed by atoms with Gasteiger partial charge in [0.1, 0.15) is 11.6 Å². The van der Waals surface area contributed by atoms with Gasteiger partial charge in [0.25, 0.3) is 0 Å². The number of nitrogens with zero attached hydrogens (tertiary/aromatic N) is 3. The van der Waals surface area contributed by atoms with E-state index >= 15 is 0 Å². The average molecular weight is 553 g/mol. The molecule has 1 saturated heterocycles. The molecule has 1 fully saturated rings. The van der Waals surface area contributed by atoms with Gasteiger partial charge in [0.15, 0.2) is 5.60 Å². The monoisotopic (exact) mass is 552 g/mol. The van der Waals surface area contributed by atoms with Crippen molar-refractivity contribution in [3.63, 3.8) is 0 Å². The maximum atomic E-state index is 14.6. The number of hydrogen-bond acceptors (Lipinski definition) is 5. The molecule has 0 radical (unpaired) electrons. The van der Waals surface area contributed by atoms with E-state index in [1.165, 1.54) is 13.5 Å². The zero-order chi connectivity index (χ0) is 28.5. The Morgan fingerprint density at radius 1 is 1.00 bits per heavy atom. The van der Waals surface area contributed by atoms with Crippen molar-refractivity contribution in [3.8, 4) is 16.9 Å². The fourth-order valence-corrected chi connectivity index (χ4v) is 5.83. The molecule has 4 heterocycles. The summed E-state index contributed by atoms with van der Waals surface area (Å²) in [7, 11) is 1.49. The number of halogens is 3. The van der Waals surface area contributed by atoms with Crippen LogP contribution in [-0.2, 0) is 11.8 Å². The smallest absolute Gasteiger partial charge is 0.417 e. The van der Waals surface area contributed by atoms with E-state index in [4.69, 9.17) is 4.74 Å². The van der Waals surface area contributed by atoms with Crippen LogP contribution in [0.1, 0.15) is 50.8 Å². The molecule has 1 aromatic carbocycles. The van der Waals surface area contributed by atoms with Crippen LogP contribution in [0, 0.1) is 0 Å². The number of ether oxygens (including phenoxy) is 1. The summed E-state index contributed by atoms with van der Waals surface area (Å²) in [4.78, 5) is 14.0. The topological polar surface area (TPSA) is 74.3 Å². The predicted molar refractivity (Wildman–Crippen MR) is 151 cm³/mol. The molecular weight excluding hydrogens is 517 g/mol. The van der Waals surface area contributed by atoms with Crippen LogP contribution < -0.4 is 9.64 Å². The second-order valence-corrected chi connectivity index (χ2v) is 11.4. The van der Waals surface area contributed by atoms with Crippen molar-refractivity contribution in [1.82, 2.24) is 15.0 Å². The van der Waals surface area contributed by atoms with Gasteiger partial charge in [-0.05, 0) is 67.0 Å². The number of anilines is 1. The minimum Gasteiger partial charge on any atom is -0.496 e. The van der Waals surface area contributed by atoms with Gasteiger partial charge in [-0.25, -0.2) is 4.98 Å². The molecule has 0 amide bonds. The zero-order valence-electron chi connectivity index (χ0n) is 23.1. The third kappa shape index (κ3) is 5.66. The van der Waals surface area contributed by atoms with E-state index in [0.717, 1.165) is 48.3 Å². The molecule has 2 N–H and O–H groups in total. The first-order valence-corrected chi connectivity index (χ1v) is 13.6. The Morgan fingerprint density at radius 2 is 1.77 bits per heavy atom. The number of aromatic nitrogens is 3. The van der Waals surface area contributed by atoms with Crippen molar-refractivity contribution in [2.75, 3.05) is 25.1 Å². The zero-order valence-corrected chi connectivity index (χ0v) is 23.1. The molecule has 1 aliphatic heterocycles. The van der Waals surface area contributed by atoms with E-state index in [1.54, 1.807) is 50.6 Å². The van der Waals surface area contributed by atoms with Gasteiger partial charge >= 0.3 is 6.18 Å². The quantitative estimate of drug-likeness (QED) is 0.251. The number of methoxy groups -OCH3 is 1. The number of benzene rings is 1. The largest absolute Gasteiger partial charge is 0.496 e. The van der Waals surface area contributed by atoms with E-state index < -0.39 is 30.0 Å². The lowest BCUT2D eigenvalue weighted by Gasteiger charge is -2.38. The van der Waals surface area contributed by atoms with Crippen LogP contribution >= 0.6 is 0 Å². The number of fused-ring (bicyclic) bond motifs is 1. The number of nitrogens with one attached hydrogen (secondary N) is 1. The van der Waals surface area contributed by atoms with Gasteiger partial charge in [-0.2, -0.15) is 13.2 Å². The predicted octanol–water partition coefficient (Wildman–Crippen LogP) is 6.83.